The first-order valence-corrected chi connectivity index (χ1v) is 10.2. The highest BCUT2D eigenvalue weighted by Gasteiger charge is 2.30. The fourth-order valence-corrected chi connectivity index (χ4v) is 3.60. The first-order valence-electron chi connectivity index (χ1n) is 9.86. The standard InChI is InChI=1S/C23H25ClN2O6/c1-4-8-25-22(27)16-7-5-6-15-11-26(12-18(15)16)23(28)17-9-19(24)21(32-14-30-3)10-20(17)31-13-29-2/h4-7,9-10H,1,8,11-14H2,2-3H3,(H,25,27). The third-order valence-corrected chi connectivity index (χ3v) is 5.15. The molecule has 0 spiro atoms. The third-order valence-electron chi connectivity index (χ3n) is 4.85. The second-order valence-corrected chi connectivity index (χ2v) is 7.39. The molecule has 2 aromatic carbocycles. The zero-order chi connectivity index (χ0) is 23.1. The van der Waals surface area contributed by atoms with Crippen molar-refractivity contribution >= 4 is 23.4 Å². The second kappa shape index (κ2) is 11.0. The molecule has 0 aromatic heterocycles. The molecule has 0 atom stereocenters. The van der Waals surface area contributed by atoms with Crippen LogP contribution in [0.3, 0.4) is 0 Å². The molecule has 0 bridgehead atoms. The van der Waals surface area contributed by atoms with Crippen LogP contribution in [-0.2, 0) is 22.6 Å². The van der Waals surface area contributed by atoms with Crippen molar-refractivity contribution in [1.29, 1.82) is 0 Å². The number of ether oxygens (including phenoxy) is 4. The number of fused-ring (bicyclic) bond motifs is 1. The van der Waals surface area contributed by atoms with Crippen molar-refractivity contribution in [3.63, 3.8) is 0 Å². The Balaban J connectivity index is 1.87. The van der Waals surface area contributed by atoms with E-state index in [1.807, 2.05) is 12.1 Å². The van der Waals surface area contributed by atoms with E-state index in [2.05, 4.69) is 11.9 Å². The smallest absolute Gasteiger partial charge is 0.258 e. The maximum Gasteiger partial charge on any atom is 0.258 e. The maximum atomic E-state index is 13.4. The van der Waals surface area contributed by atoms with Crippen molar-refractivity contribution in [3.05, 3.63) is 70.3 Å². The van der Waals surface area contributed by atoms with E-state index in [4.69, 9.17) is 30.5 Å². The third kappa shape index (κ3) is 5.21. The van der Waals surface area contributed by atoms with E-state index in [0.29, 0.717) is 24.4 Å². The van der Waals surface area contributed by atoms with Crippen LogP contribution in [0.5, 0.6) is 11.5 Å². The van der Waals surface area contributed by atoms with Crippen LogP contribution in [0.25, 0.3) is 0 Å². The van der Waals surface area contributed by atoms with Crippen LogP contribution in [0.1, 0.15) is 31.8 Å². The minimum Gasteiger partial charge on any atom is -0.467 e. The van der Waals surface area contributed by atoms with Gasteiger partial charge in [-0.15, -0.1) is 6.58 Å². The zero-order valence-corrected chi connectivity index (χ0v) is 18.7. The lowest BCUT2D eigenvalue weighted by Gasteiger charge is -2.19. The van der Waals surface area contributed by atoms with E-state index in [9.17, 15) is 9.59 Å². The molecule has 8 nitrogen and oxygen atoms in total. The summed E-state index contributed by atoms with van der Waals surface area (Å²) in [6, 6.07) is 8.49. The van der Waals surface area contributed by atoms with Gasteiger partial charge in [-0.05, 0) is 23.3 Å². The van der Waals surface area contributed by atoms with Crippen LogP contribution in [0, 0.1) is 0 Å². The molecule has 2 amide bonds. The minimum absolute atomic E-state index is 0.00510. The summed E-state index contributed by atoms with van der Waals surface area (Å²) in [6.45, 7) is 4.56. The highest BCUT2D eigenvalue weighted by Crippen LogP contribution is 2.35. The van der Waals surface area contributed by atoms with Gasteiger partial charge in [0.15, 0.2) is 13.6 Å². The molecule has 0 fully saturated rings. The highest BCUT2D eigenvalue weighted by atomic mass is 35.5. The van der Waals surface area contributed by atoms with Gasteiger partial charge in [-0.25, -0.2) is 0 Å². The number of hydrogen-bond donors (Lipinski definition) is 1. The van der Waals surface area contributed by atoms with Crippen LogP contribution in [-0.4, -0.2) is 51.1 Å². The van der Waals surface area contributed by atoms with Crippen LogP contribution in [0.2, 0.25) is 5.02 Å². The van der Waals surface area contributed by atoms with Crippen molar-refractivity contribution in [2.45, 2.75) is 13.1 Å². The summed E-state index contributed by atoms with van der Waals surface area (Å²) in [4.78, 5) is 27.5. The van der Waals surface area contributed by atoms with Gasteiger partial charge >= 0.3 is 0 Å². The number of carbonyl (C=O) groups is 2. The van der Waals surface area contributed by atoms with E-state index in [1.165, 1.54) is 26.4 Å². The van der Waals surface area contributed by atoms with Gasteiger partial charge in [0, 0.05) is 45.5 Å². The van der Waals surface area contributed by atoms with Gasteiger partial charge in [0.05, 0.1) is 10.6 Å². The molecular weight excluding hydrogens is 436 g/mol. The normalized spacial score (nSPS) is 12.3. The fraction of sp³-hybridized carbons (Fsp3) is 0.304. The molecule has 0 saturated heterocycles. The molecule has 9 heteroatoms. The molecule has 1 N–H and O–H groups in total. The molecule has 2 aromatic rings. The summed E-state index contributed by atoms with van der Waals surface area (Å²) < 4.78 is 20.9. The van der Waals surface area contributed by atoms with Crippen molar-refractivity contribution in [3.8, 4) is 11.5 Å². The minimum atomic E-state index is -0.287. The number of methoxy groups -OCH3 is 2. The van der Waals surface area contributed by atoms with Gasteiger partial charge in [-0.2, -0.15) is 0 Å². The Hall–Kier alpha value is -3.07. The lowest BCUT2D eigenvalue weighted by molar-refractivity contribution is 0.0449. The van der Waals surface area contributed by atoms with Gasteiger partial charge in [-0.1, -0.05) is 29.8 Å². The summed E-state index contributed by atoms with van der Waals surface area (Å²) >= 11 is 6.33. The van der Waals surface area contributed by atoms with E-state index in [0.717, 1.165) is 11.1 Å². The molecular formula is C23H25ClN2O6. The molecule has 0 unspecified atom stereocenters. The second-order valence-electron chi connectivity index (χ2n) is 6.98. The lowest BCUT2D eigenvalue weighted by atomic mass is 10.0. The van der Waals surface area contributed by atoms with E-state index in [1.54, 1.807) is 17.0 Å². The quantitative estimate of drug-likeness (QED) is 0.432. The Bertz CT molecular complexity index is 1010. The molecule has 1 aliphatic heterocycles. The SMILES string of the molecule is C=CCNC(=O)c1cccc2c1CN(C(=O)c1cc(Cl)c(OCOC)cc1OCOC)C2. The van der Waals surface area contributed by atoms with Crippen LogP contribution < -0.4 is 14.8 Å². The molecule has 0 saturated carbocycles. The number of benzene rings is 2. The molecule has 32 heavy (non-hydrogen) atoms. The fourth-order valence-electron chi connectivity index (χ4n) is 3.39. The Kier molecular flexibility index (Phi) is 8.10. The first kappa shape index (κ1) is 23.6. The predicted octanol–water partition coefficient (Wildman–Crippen LogP) is 3.38. The van der Waals surface area contributed by atoms with Crippen LogP contribution >= 0.6 is 11.6 Å². The van der Waals surface area contributed by atoms with Crippen LogP contribution in [0.15, 0.2) is 43.0 Å². The largest absolute Gasteiger partial charge is 0.467 e. The van der Waals surface area contributed by atoms with Gasteiger partial charge < -0.3 is 29.2 Å². The summed E-state index contributed by atoms with van der Waals surface area (Å²) in [6.07, 6.45) is 1.61. The molecule has 170 valence electrons. The van der Waals surface area contributed by atoms with E-state index >= 15 is 0 Å². The molecule has 1 heterocycles. The number of nitrogens with one attached hydrogen (secondary N) is 1. The van der Waals surface area contributed by atoms with Gasteiger partial charge in [0.25, 0.3) is 11.8 Å². The topological polar surface area (TPSA) is 86.3 Å². The first-order chi connectivity index (χ1) is 15.5. The number of rotatable bonds is 10. The van der Waals surface area contributed by atoms with Crippen LogP contribution in [0.4, 0.5) is 0 Å². The van der Waals surface area contributed by atoms with Crippen molar-refractivity contribution in [2.24, 2.45) is 0 Å². The average Bonchev–Trinajstić information content (AvgIpc) is 3.24. The van der Waals surface area contributed by atoms with E-state index in [-0.39, 0.29) is 48.3 Å². The Morgan fingerprint density at radius 2 is 1.81 bits per heavy atom. The molecule has 3 rings (SSSR count). The number of amides is 2. The van der Waals surface area contributed by atoms with Crippen molar-refractivity contribution in [1.82, 2.24) is 10.2 Å². The van der Waals surface area contributed by atoms with E-state index < -0.39 is 0 Å². The zero-order valence-electron chi connectivity index (χ0n) is 18.0. The number of carbonyl (C=O) groups excluding carboxylic acids is 2. The summed E-state index contributed by atoms with van der Waals surface area (Å²) in [7, 11) is 2.97. The van der Waals surface area contributed by atoms with Gasteiger partial charge in [-0.3, -0.25) is 9.59 Å². The number of nitrogens with zero attached hydrogens (tertiary/aromatic N) is 1. The Morgan fingerprint density at radius 1 is 1.09 bits per heavy atom. The Morgan fingerprint density at radius 3 is 2.50 bits per heavy atom. The van der Waals surface area contributed by atoms with Crippen molar-refractivity contribution in [2.75, 3.05) is 34.4 Å². The van der Waals surface area contributed by atoms with Gasteiger partial charge in [0.2, 0.25) is 0 Å². The summed E-state index contributed by atoms with van der Waals surface area (Å²) in [5.41, 5.74) is 2.53. The number of hydrogen-bond acceptors (Lipinski definition) is 6. The van der Waals surface area contributed by atoms with Gasteiger partial charge in [0.1, 0.15) is 11.5 Å². The number of halogens is 1. The van der Waals surface area contributed by atoms with Crippen molar-refractivity contribution < 1.29 is 28.5 Å². The summed E-state index contributed by atoms with van der Waals surface area (Å²) in [5, 5.41) is 3.03. The summed E-state index contributed by atoms with van der Waals surface area (Å²) in [5.74, 6) is 0.0992. The monoisotopic (exact) mass is 460 g/mol. The Labute approximate surface area is 191 Å². The average molecular weight is 461 g/mol. The highest BCUT2D eigenvalue weighted by molar-refractivity contribution is 6.32. The molecule has 0 aliphatic carbocycles. The maximum absolute atomic E-state index is 13.4. The lowest BCUT2D eigenvalue weighted by Crippen LogP contribution is -2.27. The molecule has 0 radical (unpaired) electrons. The molecule has 1 aliphatic rings. The predicted molar refractivity (Wildman–Crippen MR) is 119 cm³/mol.